The molecular formula is C25H28N6O5. The predicted octanol–water partition coefficient (Wildman–Crippen LogP) is 1.49. The average Bonchev–Trinajstić information content (AvgIpc) is 3.25. The van der Waals surface area contributed by atoms with Gasteiger partial charge in [0, 0.05) is 47.7 Å². The first kappa shape index (κ1) is 25.9. The van der Waals surface area contributed by atoms with Crippen LogP contribution in [-0.4, -0.2) is 52.2 Å². The lowest BCUT2D eigenvalue weighted by atomic mass is 10.1. The number of aromatic amines is 1. The van der Waals surface area contributed by atoms with Crippen LogP contribution < -0.4 is 21.7 Å². The SMILES string of the molecule is N=C(N)c1ccc(NC(=O)CCC(=O)N[C@@H](CC(=O)O)C(=O)NCCc2c[nH]c3ccccc23)cc1. The summed E-state index contributed by atoms with van der Waals surface area (Å²) in [5.41, 5.74) is 8.36. The van der Waals surface area contributed by atoms with Crippen LogP contribution in [-0.2, 0) is 25.6 Å². The Labute approximate surface area is 207 Å². The normalized spacial score (nSPS) is 11.4. The van der Waals surface area contributed by atoms with Crippen molar-refractivity contribution in [3.05, 3.63) is 65.9 Å². The van der Waals surface area contributed by atoms with E-state index in [1.165, 1.54) is 0 Å². The number of amides is 3. The number of carbonyl (C=O) groups excluding carboxylic acids is 3. The number of aromatic nitrogens is 1. The Morgan fingerprint density at radius 3 is 2.39 bits per heavy atom. The van der Waals surface area contributed by atoms with Gasteiger partial charge in [-0.1, -0.05) is 18.2 Å². The van der Waals surface area contributed by atoms with E-state index in [0.29, 0.717) is 17.7 Å². The van der Waals surface area contributed by atoms with Crippen LogP contribution in [0.4, 0.5) is 5.69 Å². The van der Waals surface area contributed by atoms with Gasteiger partial charge in [0.1, 0.15) is 11.9 Å². The maximum absolute atomic E-state index is 12.6. The fourth-order valence-corrected chi connectivity index (χ4v) is 3.62. The lowest BCUT2D eigenvalue weighted by Gasteiger charge is -2.17. The van der Waals surface area contributed by atoms with Gasteiger partial charge in [0.05, 0.1) is 6.42 Å². The molecule has 8 N–H and O–H groups in total. The van der Waals surface area contributed by atoms with E-state index in [9.17, 15) is 19.2 Å². The highest BCUT2D eigenvalue weighted by molar-refractivity contribution is 5.97. The number of hydrogen-bond acceptors (Lipinski definition) is 5. The van der Waals surface area contributed by atoms with Crippen LogP contribution in [0.25, 0.3) is 10.9 Å². The molecule has 0 radical (unpaired) electrons. The maximum atomic E-state index is 12.6. The first-order valence-corrected chi connectivity index (χ1v) is 11.3. The van der Waals surface area contributed by atoms with Crippen molar-refractivity contribution < 1.29 is 24.3 Å². The maximum Gasteiger partial charge on any atom is 0.305 e. The number of carboxylic acid groups (broad SMARTS) is 1. The van der Waals surface area contributed by atoms with Gasteiger partial charge >= 0.3 is 5.97 Å². The van der Waals surface area contributed by atoms with E-state index in [2.05, 4.69) is 20.9 Å². The molecule has 1 atom stereocenters. The van der Waals surface area contributed by atoms with Gasteiger partial charge in [0.25, 0.3) is 0 Å². The Bertz CT molecular complexity index is 1270. The number of nitrogens with two attached hydrogens (primary N) is 1. The van der Waals surface area contributed by atoms with E-state index >= 15 is 0 Å². The molecule has 11 heteroatoms. The van der Waals surface area contributed by atoms with Crippen molar-refractivity contribution in [3.63, 3.8) is 0 Å². The summed E-state index contributed by atoms with van der Waals surface area (Å²) < 4.78 is 0. The second kappa shape index (κ2) is 12.2. The number of nitrogens with one attached hydrogen (secondary N) is 5. The van der Waals surface area contributed by atoms with Crippen LogP contribution >= 0.6 is 0 Å². The van der Waals surface area contributed by atoms with Gasteiger partial charge in [-0.05, 0) is 42.3 Å². The zero-order valence-electron chi connectivity index (χ0n) is 19.5. The fraction of sp³-hybridized carbons (Fsp3) is 0.240. The smallest absolute Gasteiger partial charge is 0.305 e. The van der Waals surface area contributed by atoms with Gasteiger partial charge in [-0.3, -0.25) is 24.6 Å². The first-order chi connectivity index (χ1) is 17.2. The molecule has 0 aliphatic rings. The van der Waals surface area contributed by atoms with E-state index in [1.807, 2.05) is 30.5 Å². The van der Waals surface area contributed by atoms with Crippen LogP contribution in [0.1, 0.15) is 30.4 Å². The molecule has 3 amide bonds. The summed E-state index contributed by atoms with van der Waals surface area (Å²) in [5, 5.41) is 25.3. The summed E-state index contributed by atoms with van der Waals surface area (Å²) in [5.74, 6) is -2.99. The topological polar surface area (TPSA) is 190 Å². The van der Waals surface area contributed by atoms with Crippen molar-refractivity contribution in [2.75, 3.05) is 11.9 Å². The molecule has 1 heterocycles. The van der Waals surface area contributed by atoms with Gasteiger partial charge in [0.15, 0.2) is 0 Å². The molecule has 0 bridgehead atoms. The monoisotopic (exact) mass is 492 g/mol. The number of hydrogen-bond donors (Lipinski definition) is 7. The largest absolute Gasteiger partial charge is 0.481 e. The Hall–Kier alpha value is -4.67. The van der Waals surface area contributed by atoms with Crippen molar-refractivity contribution in [2.45, 2.75) is 31.7 Å². The number of aliphatic carboxylic acids is 1. The molecular weight excluding hydrogens is 464 g/mol. The average molecular weight is 493 g/mol. The van der Waals surface area contributed by atoms with Crippen LogP contribution in [0, 0.1) is 5.41 Å². The molecule has 3 aromatic rings. The second-order valence-electron chi connectivity index (χ2n) is 8.16. The van der Waals surface area contributed by atoms with Crippen LogP contribution in [0.15, 0.2) is 54.7 Å². The Morgan fingerprint density at radius 1 is 1.00 bits per heavy atom. The van der Waals surface area contributed by atoms with Gasteiger partial charge in [0.2, 0.25) is 17.7 Å². The lowest BCUT2D eigenvalue weighted by molar-refractivity contribution is -0.140. The summed E-state index contributed by atoms with van der Waals surface area (Å²) in [4.78, 5) is 51.4. The number of amidine groups is 1. The number of carboxylic acids is 1. The second-order valence-corrected chi connectivity index (χ2v) is 8.16. The molecule has 1 aromatic heterocycles. The minimum Gasteiger partial charge on any atom is -0.481 e. The van der Waals surface area contributed by atoms with Gasteiger partial charge in [-0.2, -0.15) is 0 Å². The molecule has 0 unspecified atom stereocenters. The third kappa shape index (κ3) is 7.42. The number of rotatable bonds is 12. The predicted molar refractivity (Wildman–Crippen MR) is 135 cm³/mol. The standard InChI is InChI=1S/C25H28N6O5/c26-24(27)15-5-7-17(8-6-15)30-21(32)9-10-22(33)31-20(13-23(34)35)25(36)28-12-11-16-14-29-19-4-2-1-3-18(16)19/h1-8,14,20,29H,9-13H2,(H3,26,27)(H,28,36)(H,30,32)(H,31,33)(H,34,35)/t20-/m0/s1. The number of carbonyl (C=O) groups is 4. The van der Waals surface area contributed by atoms with Crippen molar-refractivity contribution in [1.82, 2.24) is 15.6 Å². The Balaban J connectivity index is 1.46. The number of fused-ring (bicyclic) bond motifs is 1. The van der Waals surface area contributed by atoms with Crippen molar-refractivity contribution in [1.29, 1.82) is 5.41 Å². The molecule has 36 heavy (non-hydrogen) atoms. The number of anilines is 1. The highest BCUT2D eigenvalue weighted by Crippen LogP contribution is 2.17. The fourth-order valence-electron chi connectivity index (χ4n) is 3.62. The Kier molecular flexibility index (Phi) is 8.76. The van der Waals surface area contributed by atoms with Crippen molar-refractivity contribution in [3.8, 4) is 0 Å². The number of nitrogen functional groups attached to an aromatic ring is 1. The van der Waals surface area contributed by atoms with E-state index in [-0.39, 0.29) is 25.2 Å². The van der Waals surface area contributed by atoms with Gasteiger partial charge in [-0.25, -0.2) is 0 Å². The van der Waals surface area contributed by atoms with Crippen LogP contribution in [0.3, 0.4) is 0 Å². The summed E-state index contributed by atoms with van der Waals surface area (Å²) in [7, 11) is 0. The zero-order valence-corrected chi connectivity index (χ0v) is 19.5. The summed E-state index contributed by atoms with van der Waals surface area (Å²) in [6.07, 6.45) is 1.41. The highest BCUT2D eigenvalue weighted by Gasteiger charge is 2.23. The van der Waals surface area contributed by atoms with Crippen molar-refractivity contribution in [2.24, 2.45) is 5.73 Å². The molecule has 2 aromatic carbocycles. The third-order valence-electron chi connectivity index (χ3n) is 5.46. The molecule has 0 fully saturated rings. The molecule has 0 aliphatic heterocycles. The molecule has 0 saturated heterocycles. The third-order valence-corrected chi connectivity index (χ3v) is 5.46. The molecule has 0 spiro atoms. The van der Waals surface area contributed by atoms with Crippen LogP contribution in [0.5, 0.6) is 0 Å². The highest BCUT2D eigenvalue weighted by atomic mass is 16.4. The number of H-pyrrole nitrogens is 1. The van der Waals surface area contributed by atoms with E-state index in [4.69, 9.17) is 16.2 Å². The molecule has 188 valence electrons. The number of para-hydroxylation sites is 1. The lowest BCUT2D eigenvalue weighted by Crippen LogP contribution is -2.48. The molecule has 0 saturated carbocycles. The van der Waals surface area contributed by atoms with E-state index < -0.39 is 36.2 Å². The summed E-state index contributed by atoms with van der Waals surface area (Å²) >= 11 is 0. The zero-order chi connectivity index (χ0) is 26.1. The molecule has 3 rings (SSSR count). The number of benzene rings is 2. The first-order valence-electron chi connectivity index (χ1n) is 11.3. The van der Waals surface area contributed by atoms with Gasteiger partial charge < -0.3 is 31.8 Å². The van der Waals surface area contributed by atoms with Crippen molar-refractivity contribution >= 4 is 46.1 Å². The summed E-state index contributed by atoms with van der Waals surface area (Å²) in [6, 6.07) is 12.8. The van der Waals surface area contributed by atoms with Gasteiger partial charge in [-0.15, -0.1) is 0 Å². The minimum absolute atomic E-state index is 0.0949. The van der Waals surface area contributed by atoms with Crippen LogP contribution in [0.2, 0.25) is 0 Å². The molecule has 11 nitrogen and oxygen atoms in total. The van der Waals surface area contributed by atoms with E-state index in [0.717, 1.165) is 16.5 Å². The van der Waals surface area contributed by atoms with E-state index in [1.54, 1.807) is 24.3 Å². The summed E-state index contributed by atoms with van der Waals surface area (Å²) in [6.45, 7) is 0.261. The minimum atomic E-state index is -1.26. The molecule has 0 aliphatic carbocycles. The Morgan fingerprint density at radius 2 is 1.69 bits per heavy atom. The quantitative estimate of drug-likeness (QED) is 0.148.